The van der Waals surface area contributed by atoms with Crippen molar-refractivity contribution in [1.82, 2.24) is 10.2 Å². The van der Waals surface area contributed by atoms with Gasteiger partial charge in [0, 0.05) is 39.6 Å². The highest BCUT2D eigenvalue weighted by molar-refractivity contribution is 6.30. The van der Waals surface area contributed by atoms with Crippen LogP contribution in [0.2, 0.25) is 5.02 Å². The number of ketones is 1. The fourth-order valence-electron chi connectivity index (χ4n) is 3.62. The molecule has 2 aromatic rings. The standard InChI is InChI=1S/C23H19ClF2N2O4/c24-16-5-3-15(4-6-16)23(25,26)19(29)9-2-13-1-7-17-14(11-13)12-28(22(17)32)18-8-10-20(30)27-21(18)31/h1,3-7,11,18H,2,8-10,12H2,(H,27,30,31)/i2D,8D,10D. The summed E-state index contributed by atoms with van der Waals surface area (Å²) in [5.74, 6) is -7.60. The van der Waals surface area contributed by atoms with Crippen LogP contribution in [0, 0.1) is 0 Å². The fraction of sp³-hybridized carbons (Fsp3) is 0.304. The molecule has 0 aromatic heterocycles. The van der Waals surface area contributed by atoms with Gasteiger partial charge in [0.25, 0.3) is 5.91 Å². The number of amides is 3. The molecular formula is C23H19ClF2N2O4. The van der Waals surface area contributed by atoms with Gasteiger partial charge in [0.15, 0.2) is 0 Å². The van der Waals surface area contributed by atoms with Crippen molar-refractivity contribution in [3.8, 4) is 0 Å². The number of benzene rings is 2. The Labute approximate surface area is 191 Å². The number of imide groups is 1. The molecule has 0 spiro atoms. The number of carbonyl (C=O) groups is 4. The fourth-order valence-corrected chi connectivity index (χ4v) is 3.75. The minimum atomic E-state index is -3.81. The number of fused-ring (bicyclic) bond motifs is 1. The predicted molar refractivity (Wildman–Crippen MR) is 111 cm³/mol. The summed E-state index contributed by atoms with van der Waals surface area (Å²) in [7, 11) is 0. The van der Waals surface area contributed by atoms with E-state index in [2.05, 4.69) is 0 Å². The van der Waals surface area contributed by atoms with Crippen molar-refractivity contribution in [1.29, 1.82) is 0 Å². The van der Waals surface area contributed by atoms with Crippen LogP contribution in [-0.2, 0) is 33.2 Å². The van der Waals surface area contributed by atoms with Crippen LogP contribution in [0.15, 0.2) is 42.5 Å². The number of halogens is 3. The molecule has 2 aromatic carbocycles. The van der Waals surface area contributed by atoms with E-state index >= 15 is 0 Å². The predicted octanol–water partition coefficient (Wildman–Crippen LogP) is 3.39. The van der Waals surface area contributed by atoms with Crippen molar-refractivity contribution in [2.24, 2.45) is 0 Å². The summed E-state index contributed by atoms with van der Waals surface area (Å²) in [5.41, 5.74) is 0.274. The van der Waals surface area contributed by atoms with Gasteiger partial charge in [0.05, 0.1) is 0 Å². The van der Waals surface area contributed by atoms with Gasteiger partial charge in [-0.15, -0.1) is 0 Å². The number of nitrogens with one attached hydrogen (secondary N) is 1. The molecule has 0 saturated carbocycles. The number of carbonyl (C=O) groups excluding carboxylic acids is 4. The third-order valence-corrected chi connectivity index (χ3v) is 5.57. The molecule has 4 unspecified atom stereocenters. The zero-order chi connectivity index (χ0) is 25.7. The lowest BCUT2D eigenvalue weighted by atomic mass is 9.97. The molecule has 0 bridgehead atoms. The largest absolute Gasteiger partial charge is 0.330 e. The molecule has 4 rings (SSSR count). The smallest absolute Gasteiger partial charge is 0.322 e. The van der Waals surface area contributed by atoms with E-state index in [4.69, 9.17) is 15.7 Å². The number of alkyl halides is 2. The number of piperidine rings is 1. The third kappa shape index (κ3) is 4.14. The maximum absolute atomic E-state index is 14.6. The van der Waals surface area contributed by atoms with E-state index in [0.29, 0.717) is 5.56 Å². The minimum Gasteiger partial charge on any atom is -0.322 e. The summed E-state index contributed by atoms with van der Waals surface area (Å²) in [6, 6.07) is 7.40. The zero-order valence-corrected chi connectivity index (χ0v) is 17.2. The minimum absolute atomic E-state index is 0.127. The van der Waals surface area contributed by atoms with Crippen LogP contribution in [0.1, 0.15) is 50.4 Å². The van der Waals surface area contributed by atoms with Crippen LogP contribution < -0.4 is 5.32 Å². The van der Waals surface area contributed by atoms with Crippen molar-refractivity contribution in [2.45, 2.75) is 44.1 Å². The van der Waals surface area contributed by atoms with Crippen molar-refractivity contribution in [3.63, 3.8) is 0 Å². The molecule has 1 saturated heterocycles. The highest BCUT2D eigenvalue weighted by atomic mass is 35.5. The molecule has 166 valence electrons. The number of rotatable bonds is 6. The molecule has 0 radical (unpaired) electrons. The van der Waals surface area contributed by atoms with Crippen molar-refractivity contribution < 1.29 is 32.1 Å². The van der Waals surface area contributed by atoms with Crippen LogP contribution in [0.4, 0.5) is 8.78 Å². The van der Waals surface area contributed by atoms with Gasteiger partial charge in [-0.05, 0) is 42.1 Å². The lowest BCUT2D eigenvalue weighted by Crippen LogP contribution is -2.52. The summed E-state index contributed by atoms with van der Waals surface area (Å²) in [6.45, 7) is -0.127. The maximum Gasteiger partial charge on any atom is 0.330 e. The van der Waals surface area contributed by atoms with Crippen LogP contribution in [0.5, 0.6) is 0 Å². The van der Waals surface area contributed by atoms with Crippen LogP contribution in [0.25, 0.3) is 0 Å². The molecular weight excluding hydrogens is 442 g/mol. The highest BCUT2D eigenvalue weighted by Gasteiger charge is 2.41. The van der Waals surface area contributed by atoms with E-state index < -0.39 is 66.6 Å². The Kier molecular flexibility index (Phi) is 4.86. The van der Waals surface area contributed by atoms with E-state index in [1.807, 2.05) is 5.32 Å². The second kappa shape index (κ2) is 8.43. The number of nitrogens with zero attached hydrogens (tertiary/aromatic N) is 1. The van der Waals surface area contributed by atoms with Gasteiger partial charge in [-0.25, -0.2) is 0 Å². The molecule has 9 heteroatoms. The summed E-state index contributed by atoms with van der Waals surface area (Å²) in [5, 5.41) is 2.23. The molecule has 3 amide bonds. The molecule has 0 aliphatic carbocycles. The molecule has 1 fully saturated rings. The molecule has 2 aliphatic rings. The van der Waals surface area contributed by atoms with Gasteiger partial charge in [-0.2, -0.15) is 8.78 Å². The van der Waals surface area contributed by atoms with Gasteiger partial charge in [-0.3, -0.25) is 24.5 Å². The average molecular weight is 464 g/mol. The maximum atomic E-state index is 14.6. The van der Waals surface area contributed by atoms with Crippen LogP contribution in [-0.4, -0.2) is 34.4 Å². The number of hydrogen-bond donors (Lipinski definition) is 1. The first-order chi connectivity index (χ1) is 16.4. The van der Waals surface area contributed by atoms with Gasteiger partial charge in [0.1, 0.15) is 6.04 Å². The summed E-state index contributed by atoms with van der Waals surface area (Å²) >= 11 is 5.71. The summed E-state index contributed by atoms with van der Waals surface area (Å²) < 4.78 is 53.3. The Hall–Kier alpha value is -3.13. The zero-order valence-electron chi connectivity index (χ0n) is 19.5. The summed E-state index contributed by atoms with van der Waals surface area (Å²) in [6.07, 6.45) is -5.15. The number of hydrogen-bond acceptors (Lipinski definition) is 4. The monoisotopic (exact) mass is 463 g/mol. The topological polar surface area (TPSA) is 83.6 Å². The third-order valence-electron chi connectivity index (χ3n) is 5.32. The van der Waals surface area contributed by atoms with Gasteiger partial charge < -0.3 is 4.90 Å². The number of Topliss-reactive ketones (excluding diaryl/α,β-unsaturated/α-hetero) is 1. The summed E-state index contributed by atoms with van der Waals surface area (Å²) in [4.78, 5) is 50.2. The van der Waals surface area contributed by atoms with Crippen molar-refractivity contribution in [3.05, 3.63) is 69.7 Å². The molecule has 4 atom stereocenters. The molecule has 6 nitrogen and oxygen atoms in total. The van der Waals surface area contributed by atoms with Gasteiger partial charge >= 0.3 is 5.92 Å². The quantitative estimate of drug-likeness (QED) is 0.665. The first-order valence-electron chi connectivity index (χ1n) is 11.4. The Balaban J connectivity index is 1.51. The van der Waals surface area contributed by atoms with Crippen LogP contribution >= 0.6 is 11.6 Å². The van der Waals surface area contributed by atoms with E-state index in [0.717, 1.165) is 17.0 Å². The van der Waals surface area contributed by atoms with E-state index in [1.165, 1.54) is 30.3 Å². The van der Waals surface area contributed by atoms with E-state index in [9.17, 15) is 28.0 Å². The van der Waals surface area contributed by atoms with Crippen molar-refractivity contribution in [2.75, 3.05) is 0 Å². The lowest BCUT2D eigenvalue weighted by molar-refractivity contribution is -0.144. The lowest BCUT2D eigenvalue weighted by Gasteiger charge is -2.29. The van der Waals surface area contributed by atoms with Gasteiger partial charge in [0.2, 0.25) is 17.6 Å². The molecule has 2 heterocycles. The molecule has 2 aliphatic heterocycles. The van der Waals surface area contributed by atoms with Gasteiger partial charge in [-0.1, -0.05) is 35.9 Å². The average Bonchev–Trinajstić information content (AvgIpc) is 3.13. The Morgan fingerprint density at radius 1 is 1.22 bits per heavy atom. The van der Waals surface area contributed by atoms with Crippen molar-refractivity contribution >= 4 is 35.1 Å². The van der Waals surface area contributed by atoms with E-state index in [-0.39, 0.29) is 22.7 Å². The Bertz CT molecular complexity index is 1230. The second-order valence-electron chi connectivity index (χ2n) is 7.42. The first kappa shape index (κ1) is 18.4. The van der Waals surface area contributed by atoms with E-state index in [1.54, 1.807) is 0 Å². The second-order valence-corrected chi connectivity index (χ2v) is 7.86. The Morgan fingerprint density at radius 2 is 1.94 bits per heavy atom. The van der Waals surface area contributed by atoms with Crippen LogP contribution in [0.3, 0.4) is 0 Å². The molecule has 32 heavy (non-hydrogen) atoms. The highest BCUT2D eigenvalue weighted by Crippen LogP contribution is 2.32. The molecule has 1 N–H and O–H groups in total. The number of aryl methyl sites for hydroxylation is 1. The Morgan fingerprint density at radius 3 is 2.66 bits per heavy atom. The normalized spacial score (nSPS) is 25.5. The SMILES string of the molecule is [2H]C(CC(=O)C(F)(F)c1ccc(Cl)cc1)c1ccc2c(c1)CN(C1C(=O)NC(=O)C([2H])C1[2H])C2=O. The first-order valence-corrected chi connectivity index (χ1v) is 10.0.